The molecule has 3 aromatic carbocycles. The second kappa shape index (κ2) is 8.47. The van der Waals surface area contributed by atoms with E-state index in [9.17, 15) is 13.2 Å². The van der Waals surface area contributed by atoms with Crippen molar-refractivity contribution in [1.29, 1.82) is 0 Å². The summed E-state index contributed by atoms with van der Waals surface area (Å²) in [6, 6.07) is 26.1. The minimum Gasteiger partial charge on any atom is -0.405 e. The normalized spacial score (nSPS) is 11.7. The van der Waals surface area contributed by atoms with Gasteiger partial charge in [0, 0.05) is 18.0 Å². The molecule has 1 aromatic heterocycles. The van der Waals surface area contributed by atoms with Crippen molar-refractivity contribution in [2.45, 2.75) is 11.9 Å². The summed E-state index contributed by atoms with van der Waals surface area (Å²) >= 11 is 0. The van der Waals surface area contributed by atoms with E-state index in [0.717, 1.165) is 0 Å². The third kappa shape index (κ3) is 4.35. The monoisotopic (exact) mass is 421 g/mol. The first kappa shape index (κ1) is 20.4. The average molecular weight is 421 g/mol. The van der Waals surface area contributed by atoms with Crippen molar-refractivity contribution in [2.24, 2.45) is 0 Å². The zero-order valence-corrected chi connectivity index (χ0v) is 16.3. The number of para-hydroxylation sites is 1. The first-order valence-corrected chi connectivity index (χ1v) is 9.50. The van der Waals surface area contributed by atoms with E-state index in [4.69, 9.17) is 0 Å². The van der Waals surface area contributed by atoms with E-state index >= 15 is 0 Å². The molecule has 0 atom stereocenters. The number of anilines is 1. The number of halogens is 3. The van der Waals surface area contributed by atoms with Crippen molar-refractivity contribution in [3.8, 4) is 5.75 Å². The highest BCUT2D eigenvalue weighted by molar-refractivity contribution is 5.60. The molecule has 4 rings (SSSR count). The number of hydrogen-bond acceptors (Lipinski definition) is 4. The van der Waals surface area contributed by atoms with Crippen molar-refractivity contribution in [1.82, 2.24) is 9.97 Å². The Labute approximate surface area is 177 Å². The maximum Gasteiger partial charge on any atom is 0.573 e. The van der Waals surface area contributed by atoms with E-state index in [0.29, 0.717) is 11.1 Å². The summed E-state index contributed by atoms with van der Waals surface area (Å²) in [5.74, 6) is -0.0526. The molecular formula is C24H18F3N3O. The molecule has 0 aliphatic heterocycles. The molecule has 4 aromatic rings. The zero-order chi connectivity index (χ0) is 21.7. The number of alkyl halides is 3. The largest absolute Gasteiger partial charge is 0.573 e. The van der Waals surface area contributed by atoms with E-state index in [1.165, 1.54) is 12.1 Å². The predicted octanol–water partition coefficient (Wildman–Crippen LogP) is 5.78. The summed E-state index contributed by atoms with van der Waals surface area (Å²) in [6.45, 7) is 0. The van der Waals surface area contributed by atoms with E-state index < -0.39 is 11.9 Å². The van der Waals surface area contributed by atoms with E-state index in [1.54, 1.807) is 30.6 Å². The molecule has 0 bridgehead atoms. The third-order valence-corrected chi connectivity index (χ3v) is 4.80. The van der Waals surface area contributed by atoms with Crippen molar-refractivity contribution >= 4 is 5.95 Å². The number of ether oxygens (including phenoxy) is 1. The molecular weight excluding hydrogens is 403 g/mol. The summed E-state index contributed by atoms with van der Waals surface area (Å²) in [4.78, 5) is 8.52. The van der Waals surface area contributed by atoms with Gasteiger partial charge in [0.25, 0.3) is 0 Å². The van der Waals surface area contributed by atoms with E-state index in [-0.39, 0.29) is 17.3 Å². The lowest BCUT2D eigenvalue weighted by Gasteiger charge is -2.37. The Balaban J connectivity index is 2.04. The van der Waals surface area contributed by atoms with Crippen LogP contribution in [0.5, 0.6) is 5.75 Å². The highest BCUT2D eigenvalue weighted by Gasteiger charge is 2.42. The number of aromatic nitrogens is 2. The molecule has 156 valence electrons. The topological polar surface area (TPSA) is 47.0 Å². The summed E-state index contributed by atoms with van der Waals surface area (Å²) in [5.41, 5.74) is 0.419. The molecule has 0 unspecified atom stereocenters. The van der Waals surface area contributed by atoms with Gasteiger partial charge in [-0.2, -0.15) is 0 Å². The van der Waals surface area contributed by atoms with Gasteiger partial charge < -0.3 is 10.1 Å². The van der Waals surface area contributed by atoms with Gasteiger partial charge in [0.15, 0.2) is 0 Å². The van der Waals surface area contributed by atoms with Gasteiger partial charge in [-0.1, -0.05) is 78.9 Å². The van der Waals surface area contributed by atoms with Gasteiger partial charge in [0.05, 0.1) is 0 Å². The Morgan fingerprint density at radius 2 is 1.16 bits per heavy atom. The fraction of sp³-hybridized carbons (Fsp3) is 0.0833. The number of nitrogens with zero attached hydrogens (tertiary/aromatic N) is 2. The van der Waals surface area contributed by atoms with Gasteiger partial charge >= 0.3 is 6.36 Å². The maximum atomic E-state index is 13.3. The molecule has 0 amide bonds. The van der Waals surface area contributed by atoms with Crippen molar-refractivity contribution in [3.05, 3.63) is 120 Å². The van der Waals surface area contributed by atoms with Crippen molar-refractivity contribution in [2.75, 3.05) is 5.32 Å². The molecule has 0 radical (unpaired) electrons. The minimum absolute atomic E-state index is 0.261. The molecule has 1 N–H and O–H groups in total. The van der Waals surface area contributed by atoms with Gasteiger partial charge in [0.2, 0.25) is 5.95 Å². The number of nitrogens with one attached hydrogen (secondary N) is 1. The summed E-state index contributed by atoms with van der Waals surface area (Å²) < 4.78 is 44.3. The lowest BCUT2D eigenvalue weighted by Crippen LogP contribution is -2.39. The Bertz CT molecular complexity index is 1080. The molecule has 0 aliphatic rings. The van der Waals surface area contributed by atoms with Crippen LogP contribution in [0.25, 0.3) is 0 Å². The lowest BCUT2D eigenvalue weighted by atomic mass is 9.76. The fourth-order valence-corrected chi connectivity index (χ4v) is 3.59. The number of hydrogen-bond donors (Lipinski definition) is 1. The van der Waals surface area contributed by atoms with Crippen LogP contribution in [0.3, 0.4) is 0 Å². The van der Waals surface area contributed by atoms with Crippen LogP contribution in [0, 0.1) is 0 Å². The first-order chi connectivity index (χ1) is 15.0. The Morgan fingerprint density at radius 1 is 0.645 bits per heavy atom. The molecule has 0 saturated heterocycles. The van der Waals surface area contributed by atoms with Crippen LogP contribution < -0.4 is 10.1 Å². The highest BCUT2D eigenvalue weighted by Crippen LogP contribution is 2.44. The predicted molar refractivity (Wildman–Crippen MR) is 112 cm³/mol. The molecule has 0 aliphatic carbocycles. The van der Waals surface area contributed by atoms with Crippen LogP contribution in [-0.4, -0.2) is 16.3 Å². The summed E-state index contributed by atoms with van der Waals surface area (Å²) in [5, 5.41) is 3.30. The van der Waals surface area contributed by atoms with Crippen LogP contribution >= 0.6 is 0 Å². The van der Waals surface area contributed by atoms with Gasteiger partial charge in [0.1, 0.15) is 11.3 Å². The van der Waals surface area contributed by atoms with Crippen LogP contribution in [0.1, 0.15) is 16.7 Å². The molecule has 7 heteroatoms. The Hall–Kier alpha value is -3.87. The fourth-order valence-electron chi connectivity index (χ4n) is 3.59. The lowest BCUT2D eigenvalue weighted by molar-refractivity contribution is -0.275. The molecule has 0 saturated carbocycles. The smallest absolute Gasteiger partial charge is 0.405 e. The summed E-state index contributed by atoms with van der Waals surface area (Å²) in [6.07, 6.45) is -1.72. The second-order valence-corrected chi connectivity index (χ2v) is 6.72. The molecule has 31 heavy (non-hydrogen) atoms. The summed E-state index contributed by atoms with van der Waals surface area (Å²) in [7, 11) is 0. The standard InChI is InChI=1S/C24H18F3N3O/c25-24(26,27)31-21-15-8-7-14-20(21)23(18-10-3-1-4-11-18,19-12-5-2-6-13-19)30-22-28-16-9-17-29-22/h1-17H,(H,28,29,30). The van der Waals surface area contributed by atoms with Crippen LogP contribution in [-0.2, 0) is 5.54 Å². The average Bonchev–Trinajstić information content (AvgIpc) is 2.79. The minimum atomic E-state index is -4.85. The SMILES string of the molecule is FC(F)(F)Oc1ccccc1C(Nc1ncccn1)(c1ccccc1)c1ccccc1. The van der Waals surface area contributed by atoms with Gasteiger partial charge in [-0.25, -0.2) is 9.97 Å². The first-order valence-electron chi connectivity index (χ1n) is 9.50. The van der Waals surface area contributed by atoms with Crippen LogP contribution in [0.4, 0.5) is 19.1 Å². The zero-order valence-electron chi connectivity index (χ0n) is 16.3. The van der Waals surface area contributed by atoms with Crippen LogP contribution in [0.2, 0.25) is 0 Å². The van der Waals surface area contributed by atoms with Gasteiger partial charge in [-0.3, -0.25) is 0 Å². The number of benzene rings is 3. The van der Waals surface area contributed by atoms with Crippen LogP contribution in [0.15, 0.2) is 103 Å². The quantitative estimate of drug-likeness (QED) is 0.401. The molecule has 0 fully saturated rings. The Morgan fingerprint density at radius 3 is 1.71 bits per heavy atom. The van der Waals surface area contributed by atoms with E-state index in [2.05, 4.69) is 20.0 Å². The molecule has 1 heterocycles. The molecule has 0 spiro atoms. The second-order valence-electron chi connectivity index (χ2n) is 6.72. The third-order valence-electron chi connectivity index (χ3n) is 4.80. The Kier molecular flexibility index (Phi) is 5.58. The van der Waals surface area contributed by atoms with Crippen molar-refractivity contribution < 1.29 is 17.9 Å². The number of rotatable bonds is 6. The van der Waals surface area contributed by atoms with E-state index in [1.807, 2.05) is 60.7 Å². The highest BCUT2D eigenvalue weighted by atomic mass is 19.4. The van der Waals surface area contributed by atoms with Gasteiger partial charge in [-0.15, -0.1) is 13.2 Å². The maximum absolute atomic E-state index is 13.3. The molecule has 4 nitrogen and oxygen atoms in total. The van der Waals surface area contributed by atoms with Crippen molar-refractivity contribution in [3.63, 3.8) is 0 Å². The van der Waals surface area contributed by atoms with Gasteiger partial charge in [-0.05, 0) is 23.3 Å².